The van der Waals surface area contributed by atoms with Gasteiger partial charge in [0.2, 0.25) is 0 Å². The normalized spacial score (nSPS) is 35.2. The quantitative estimate of drug-likeness (QED) is 0.588. The summed E-state index contributed by atoms with van der Waals surface area (Å²) in [5.74, 6) is 0. The Morgan fingerprint density at radius 3 is 2.82 bits per heavy atom. The van der Waals surface area contributed by atoms with Crippen LogP contribution in [-0.4, -0.2) is 38.5 Å². The summed E-state index contributed by atoms with van der Waals surface area (Å²) in [5.41, 5.74) is 0.0892. The van der Waals surface area contributed by atoms with Gasteiger partial charge in [0.15, 0.2) is 0 Å². The highest BCUT2D eigenvalue weighted by Gasteiger charge is 2.43. The van der Waals surface area contributed by atoms with Crippen LogP contribution in [0.25, 0.3) is 0 Å². The molecule has 2 rings (SSSR count). The first-order valence-electron chi connectivity index (χ1n) is 4.24. The van der Waals surface area contributed by atoms with E-state index in [-0.39, 0.29) is 5.60 Å². The highest BCUT2D eigenvalue weighted by atomic mass is 16.6. The zero-order valence-corrected chi connectivity index (χ0v) is 6.93. The van der Waals surface area contributed by atoms with Crippen LogP contribution < -0.4 is 5.32 Å². The molecule has 0 aromatic heterocycles. The average Bonchev–Trinajstić information content (AvgIpc) is 2.02. The minimum atomic E-state index is 0.0892. The monoisotopic (exact) mass is 157 g/mol. The van der Waals surface area contributed by atoms with Crippen LogP contribution in [0.1, 0.15) is 12.8 Å². The van der Waals surface area contributed by atoms with E-state index in [9.17, 15) is 0 Å². The van der Waals surface area contributed by atoms with E-state index in [2.05, 4.69) is 5.32 Å². The number of rotatable bonds is 1. The summed E-state index contributed by atoms with van der Waals surface area (Å²) in [5, 5.41) is 3.29. The van der Waals surface area contributed by atoms with Crippen molar-refractivity contribution in [3.05, 3.63) is 0 Å². The van der Waals surface area contributed by atoms with E-state index in [1.165, 1.54) is 0 Å². The van der Waals surface area contributed by atoms with Crippen LogP contribution in [0.4, 0.5) is 0 Å². The zero-order chi connectivity index (χ0) is 7.73. The molecule has 1 N–H and O–H groups in total. The van der Waals surface area contributed by atoms with E-state index in [0.717, 1.165) is 32.7 Å². The summed E-state index contributed by atoms with van der Waals surface area (Å²) in [6, 6.07) is 0.632. The van der Waals surface area contributed by atoms with Crippen molar-refractivity contribution in [3.8, 4) is 0 Å². The number of hydrogen-bond acceptors (Lipinski definition) is 3. The van der Waals surface area contributed by atoms with Crippen molar-refractivity contribution in [2.45, 2.75) is 24.5 Å². The lowest BCUT2D eigenvalue weighted by Gasteiger charge is -2.46. The number of nitrogens with one attached hydrogen (secondary N) is 1. The third-order valence-corrected chi connectivity index (χ3v) is 2.63. The van der Waals surface area contributed by atoms with E-state index >= 15 is 0 Å². The molecule has 2 aliphatic rings. The van der Waals surface area contributed by atoms with Gasteiger partial charge in [0.05, 0.1) is 13.2 Å². The molecule has 0 amide bonds. The van der Waals surface area contributed by atoms with Gasteiger partial charge in [-0.25, -0.2) is 0 Å². The van der Waals surface area contributed by atoms with Gasteiger partial charge in [-0.3, -0.25) is 0 Å². The van der Waals surface area contributed by atoms with Crippen molar-refractivity contribution in [1.29, 1.82) is 0 Å². The maximum atomic E-state index is 5.67. The van der Waals surface area contributed by atoms with E-state index in [4.69, 9.17) is 9.47 Å². The molecule has 11 heavy (non-hydrogen) atoms. The third kappa shape index (κ3) is 1.28. The highest BCUT2D eigenvalue weighted by Crippen LogP contribution is 2.31. The Bertz CT molecular complexity index is 145. The van der Waals surface area contributed by atoms with E-state index in [1.807, 2.05) is 7.05 Å². The Morgan fingerprint density at radius 1 is 1.45 bits per heavy atom. The fraction of sp³-hybridized carbons (Fsp3) is 1.00. The number of ether oxygens (including phenoxy) is 2. The van der Waals surface area contributed by atoms with E-state index < -0.39 is 0 Å². The van der Waals surface area contributed by atoms with Gasteiger partial charge in [-0.15, -0.1) is 0 Å². The fourth-order valence-corrected chi connectivity index (χ4v) is 1.81. The molecule has 1 unspecified atom stereocenters. The molecular formula is C8H15NO2. The Balaban J connectivity index is 1.92. The Labute approximate surface area is 67.1 Å². The molecule has 0 aromatic carbocycles. The Morgan fingerprint density at radius 2 is 2.27 bits per heavy atom. The predicted octanol–water partition coefficient (Wildman–Crippen LogP) is 0.154. The minimum Gasteiger partial charge on any atom is -0.375 e. The summed E-state index contributed by atoms with van der Waals surface area (Å²) in [6.07, 6.45) is 2.25. The molecular weight excluding hydrogens is 142 g/mol. The molecule has 3 heteroatoms. The molecule has 0 aromatic rings. The first kappa shape index (κ1) is 7.53. The first-order valence-corrected chi connectivity index (χ1v) is 4.24. The second-order valence-electron chi connectivity index (χ2n) is 3.50. The standard InChI is InChI=1S/C8H15NO2/c1-9-7-2-3-11-8(4-7)5-10-6-8/h7,9H,2-6H2,1H3. The molecule has 1 spiro atoms. The van der Waals surface area contributed by atoms with Crippen molar-refractivity contribution in [3.63, 3.8) is 0 Å². The van der Waals surface area contributed by atoms with Crippen molar-refractivity contribution in [2.24, 2.45) is 0 Å². The summed E-state index contributed by atoms with van der Waals surface area (Å²) in [6.45, 7) is 2.48. The van der Waals surface area contributed by atoms with Crippen molar-refractivity contribution in [1.82, 2.24) is 5.32 Å². The van der Waals surface area contributed by atoms with E-state index in [1.54, 1.807) is 0 Å². The van der Waals surface area contributed by atoms with Crippen LogP contribution in [0.15, 0.2) is 0 Å². The maximum Gasteiger partial charge on any atom is 0.116 e. The average molecular weight is 157 g/mol. The number of hydrogen-bond donors (Lipinski definition) is 1. The van der Waals surface area contributed by atoms with Gasteiger partial charge in [0.1, 0.15) is 5.60 Å². The molecule has 0 saturated carbocycles. The zero-order valence-electron chi connectivity index (χ0n) is 6.93. The van der Waals surface area contributed by atoms with Gasteiger partial charge < -0.3 is 14.8 Å². The van der Waals surface area contributed by atoms with Crippen molar-refractivity contribution in [2.75, 3.05) is 26.9 Å². The van der Waals surface area contributed by atoms with Crippen LogP contribution >= 0.6 is 0 Å². The van der Waals surface area contributed by atoms with Gasteiger partial charge in [-0.2, -0.15) is 0 Å². The minimum absolute atomic E-state index is 0.0892. The fourth-order valence-electron chi connectivity index (χ4n) is 1.81. The van der Waals surface area contributed by atoms with Crippen LogP contribution in [0.5, 0.6) is 0 Å². The molecule has 2 fully saturated rings. The molecule has 0 bridgehead atoms. The van der Waals surface area contributed by atoms with Gasteiger partial charge in [0, 0.05) is 12.6 Å². The summed E-state index contributed by atoms with van der Waals surface area (Å²) in [7, 11) is 2.02. The lowest BCUT2D eigenvalue weighted by atomic mass is 9.89. The Kier molecular flexibility index (Phi) is 1.87. The van der Waals surface area contributed by atoms with Crippen molar-refractivity contribution < 1.29 is 9.47 Å². The molecule has 2 saturated heterocycles. The highest BCUT2D eigenvalue weighted by molar-refractivity contribution is 4.94. The molecule has 3 nitrogen and oxygen atoms in total. The molecule has 2 aliphatic heterocycles. The molecule has 2 heterocycles. The van der Waals surface area contributed by atoms with Crippen LogP contribution in [0, 0.1) is 0 Å². The van der Waals surface area contributed by atoms with Gasteiger partial charge in [-0.05, 0) is 19.9 Å². The summed E-state index contributed by atoms with van der Waals surface area (Å²) < 4.78 is 10.8. The van der Waals surface area contributed by atoms with Gasteiger partial charge >= 0.3 is 0 Å². The molecule has 64 valence electrons. The van der Waals surface area contributed by atoms with Gasteiger partial charge in [-0.1, -0.05) is 0 Å². The second-order valence-corrected chi connectivity index (χ2v) is 3.50. The smallest absolute Gasteiger partial charge is 0.116 e. The summed E-state index contributed by atoms with van der Waals surface area (Å²) >= 11 is 0. The lowest BCUT2D eigenvalue weighted by Crippen LogP contribution is -2.58. The van der Waals surface area contributed by atoms with E-state index in [0.29, 0.717) is 6.04 Å². The summed E-state index contributed by atoms with van der Waals surface area (Å²) in [4.78, 5) is 0. The maximum absolute atomic E-state index is 5.67. The van der Waals surface area contributed by atoms with Crippen LogP contribution in [-0.2, 0) is 9.47 Å². The predicted molar refractivity (Wildman–Crippen MR) is 41.6 cm³/mol. The Hall–Kier alpha value is -0.120. The SMILES string of the molecule is CNC1CCOC2(COC2)C1. The van der Waals surface area contributed by atoms with Crippen LogP contribution in [0.3, 0.4) is 0 Å². The topological polar surface area (TPSA) is 30.5 Å². The largest absolute Gasteiger partial charge is 0.375 e. The molecule has 1 atom stereocenters. The second kappa shape index (κ2) is 2.73. The van der Waals surface area contributed by atoms with Crippen molar-refractivity contribution >= 4 is 0 Å². The first-order chi connectivity index (χ1) is 5.35. The van der Waals surface area contributed by atoms with Gasteiger partial charge in [0.25, 0.3) is 0 Å². The van der Waals surface area contributed by atoms with Crippen LogP contribution in [0.2, 0.25) is 0 Å². The molecule has 0 aliphatic carbocycles. The molecule has 0 radical (unpaired) electrons. The lowest BCUT2D eigenvalue weighted by molar-refractivity contribution is -0.230. The third-order valence-electron chi connectivity index (χ3n) is 2.63.